The predicted octanol–water partition coefficient (Wildman–Crippen LogP) is 2.20. The maximum Gasteiger partial charge on any atom is 0.294 e. The third-order valence-electron chi connectivity index (χ3n) is 1.84. The fourth-order valence-electron chi connectivity index (χ4n) is 1.29. The lowest BCUT2D eigenvalue weighted by Gasteiger charge is -1.94. The molecule has 4 nitrogen and oxygen atoms in total. The Kier molecular flexibility index (Phi) is 2.21. The normalized spacial score (nSPS) is 10.7. The van der Waals surface area contributed by atoms with Crippen LogP contribution in [0.3, 0.4) is 0 Å². The van der Waals surface area contributed by atoms with Gasteiger partial charge in [0.05, 0.1) is 17.8 Å². The quantitative estimate of drug-likeness (QED) is 0.749. The third-order valence-corrected chi connectivity index (χ3v) is 2.06. The van der Waals surface area contributed by atoms with Crippen molar-refractivity contribution in [3.05, 3.63) is 17.2 Å². The lowest BCUT2D eigenvalue weighted by molar-refractivity contribution is 0.317. The van der Waals surface area contributed by atoms with E-state index < -0.39 is 0 Å². The molecule has 2 aromatic rings. The van der Waals surface area contributed by atoms with Gasteiger partial charge in [-0.3, -0.25) is 0 Å². The number of imidazole rings is 1. The van der Waals surface area contributed by atoms with E-state index in [1.165, 1.54) is 0 Å². The summed E-state index contributed by atoms with van der Waals surface area (Å²) in [4.78, 5) is 7.16. The number of aromatic nitrogens is 2. The van der Waals surface area contributed by atoms with Crippen LogP contribution in [0.4, 0.5) is 5.69 Å². The van der Waals surface area contributed by atoms with Crippen LogP contribution in [-0.2, 0) is 0 Å². The Morgan fingerprint density at radius 1 is 1.57 bits per heavy atom. The zero-order chi connectivity index (χ0) is 10.1. The Hall–Kier alpha value is -1.42. The molecular formula is C9H10ClN3O. The molecule has 0 spiro atoms. The smallest absolute Gasteiger partial charge is 0.294 e. The highest BCUT2D eigenvalue weighted by Crippen LogP contribution is 2.25. The average molecular weight is 212 g/mol. The van der Waals surface area contributed by atoms with Crippen LogP contribution in [0.1, 0.15) is 6.92 Å². The van der Waals surface area contributed by atoms with Gasteiger partial charge in [-0.05, 0) is 19.1 Å². The number of nitrogens with zero attached hydrogens (tertiary/aromatic N) is 1. The molecule has 0 aliphatic rings. The Morgan fingerprint density at radius 3 is 3.07 bits per heavy atom. The van der Waals surface area contributed by atoms with Crippen molar-refractivity contribution in [1.29, 1.82) is 0 Å². The summed E-state index contributed by atoms with van der Waals surface area (Å²) in [5.74, 6) is 0. The Bertz CT molecular complexity index is 466. The van der Waals surface area contributed by atoms with Crippen molar-refractivity contribution < 1.29 is 4.74 Å². The zero-order valence-corrected chi connectivity index (χ0v) is 8.43. The average Bonchev–Trinajstić information content (AvgIpc) is 2.48. The summed E-state index contributed by atoms with van der Waals surface area (Å²) >= 11 is 5.84. The highest BCUT2D eigenvalue weighted by molar-refractivity contribution is 6.31. The molecule has 0 bridgehead atoms. The van der Waals surface area contributed by atoms with E-state index in [2.05, 4.69) is 9.97 Å². The second-order valence-corrected chi connectivity index (χ2v) is 3.30. The monoisotopic (exact) mass is 211 g/mol. The molecule has 0 unspecified atom stereocenters. The Balaban J connectivity index is 2.58. The molecule has 74 valence electrons. The van der Waals surface area contributed by atoms with Gasteiger partial charge in [-0.2, -0.15) is 4.98 Å². The molecule has 0 aliphatic heterocycles. The van der Waals surface area contributed by atoms with Crippen LogP contribution < -0.4 is 10.5 Å². The standard InChI is InChI=1S/C9H10ClN3O/c1-2-14-9-12-7-4-5(10)3-6(11)8(7)13-9/h3-4H,2,11H2,1H3,(H,12,13). The van der Waals surface area contributed by atoms with Gasteiger partial charge in [0.15, 0.2) is 0 Å². The lowest BCUT2D eigenvalue weighted by atomic mass is 10.3. The summed E-state index contributed by atoms with van der Waals surface area (Å²) in [5, 5.41) is 0.585. The largest absolute Gasteiger partial charge is 0.465 e. The maximum atomic E-state index is 5.84. The van der Waals surface area contributed by atoms with E-state index in [1.54, 1.807) is 12.1 Å². The summed E-state index contributed by atoms with van der Waals surface area (Å²) in [5.41, 5.74) is 7.78. The van der Waals surface area contributed by atoms with E-state index in [1.807, 2.05) is 6.92 Å². The molecule has 1 aromatic carbocycles. The van der Waals surface area contributed by atoms with Gasteiger partial charge < -0.3 is 15.5 Å². The first-order valence-electron chi connectivity index (χ1n) is 4.28. The van der Waals surface area contributed by atoms with Crippen LogP contribution in [0.25, 0.3) is 11.0 Å². The lowest BCUT2D eigenvalue weighted by Crippen LogP contribution is -1.92. The van der Waals surface area contributed by atoms with E-state index in [4.69, 9.17) is 22.1 Å². The number of H-pyrrole nitrogens is 1. The minimum atomic E-state index is 0.469. The Morgan fingerprint density at radius 2 is 2.36 bits per heavy atom. The number of ether oxygens (including phenoxy) is 1. The molecule has 0 saturated carbocycles. The summed E-state index contributed by atoms with van der Waals surface area (Å²) in [6, 6.07) is 3.90. The van der Waals surface area contributed by atoms with Crippen LogP contribution in [0.15, 0.2) is 12.1 Å². The SMILES string of the molecule is CCOc1nc2c(N)cc(Cl)cc2[nH]1. The molecule has 3 N–H and O–H groups in total. The first-order chi connectivity index (χ1) is 6.70. The van der Waals surface area contributed by atoms with Gasteiger partial charge in [-0.1, -0.05) is 11.6 Å². The molecule has 2 rings (SSSR count). The van der Waals surface area contributed by atoms with Crippen LogP contribution >= 0.6 is 11.6 Å². The third kappa shape index (κ3) is 1.48. The number of hydrogen-bond acceptors (Lipinski definition) is 3. The summed E-state index contributed by atoms with van der Waals surface area (Å²) in [6.07, 6.45) is 0. The van der Waals surface area contributed by atoms with E-state index in [9.17, 15) is 0 Å². The molecule has 1 aromatic heterocycles. The molecule has 5 heteroatoms. The fourth-order valence-corrected chi connectivity index (χ4v) is 1.52. The van der Waals surface area contributed by atoms with Crippen molar-refractivity contribution in [3.63, 3.8) is 0 Å². The van der Waals surface area contributed by atoms with Gasteiger partial charge >= 0.3 is 0 Å². The van der Waals surface area contributed by atoms with Gasteiger partial charge in [-0.15, -0.1) is 0 Å². The van der Waals surface area contributed by atoms with E-state index in [-0.39, 0.29) is 0 Å². The van der Waals surface area contributed by atoms with Gasteiger partial charge in [-0.25, -0.2) is 0 Å². The number of benzene rings is 1. The summed E-state index contributed by atoms with van der Waals surface area (Å²) in [6.45, 7) is 2.46. The minimum absolute atomic E-state index is 0.469. The van der Waals surface area contributed by atoms with E-state index >= 15 is 0 Å². The molecular weight excluding hydrogens is 202 g/mol. The summed E-state index contributed by atoms with van der Waals surface area (Å²) in [7, 11) is 0. The molecule has 0 radical (unpaired) electrons. The van der Waals surface area contributed by atoms with Gasteiger partial charge in [0, 0.05) is 5.02 Å². The first kappa shape index (κ1) is 9.15. The van der Waals surface area contributed by atoms with E-state index in [0.717, 1.165) is 5.52 Å². The van der Waals surface area contributed by atoms with Crippen molar-refractivity contribution in [2.24, 2.45) is 0 Å². The molecule has 14 heavy (non-hydrogen) atoms. The van der Waals surface area contributed by atoms with Gasteiger partial charge in [0.1, 0.15) is 5.52 Å². The second kappa shape index (κ2) is 3.38. The number of fused-ring (bicyclic) bond motifs is 1. The number of hydrogen-bond donors (Lipinski definition) is 2. The van der Waals surface area contributed by atoms with Crippen LogP contribution in [-0.4, -0.2) is 16.6 Å². The van der Waals surface area contributed by atoms with Gasteiger partial charge in [0.2, 0.25) is 0 Å². The van der Waals surface area contributed by atoms with Crippen molar-refractivity contribution in [2.45, 2.75) is 6.92 Å². The second-order valence-electron chi connectivity index (χ2n) is 2.87. The zero-order valence-electron chi connectivity index (χ0n) is 7.67. The van der Waals surface area contributed by atoms with Gasteiger partial charge in [0.25, 0.3) is 6.01 Å². The first-order valence-corrected chi connectivity index (χ1v) is 4.66. The highest BCUT2D eigenvalue weighted by atomic mass is 35.5. The molecule has 1 heterocycles. The molecule has 0 amide bonds. The number of nitrogens with two attached hydrogens (primary N) is 1. The number of halogens is 1. The van der Waals surface area contributed by atoms with Crippen molar-refractivity contribution >= 4 is 28.3 Å². The number of nitrogens with one attached hydrogen (secondary N) is 1. The van der Waals surface area contributed by atoms with Crippen LogP contribution in [0.2, 0.25) is 5.02 Å². The fraction of sp³-hybridized carbons (Fsp3) is 0.222. The summed E-state index contributed by atoms with van der Waals surface area (Å²) < 4.78 is 5.22. The molecule has 0 fully saturated rings. The van der Waals surface area contributed by atoms with Crippen LogP contribution in [0, 0.1) is 0 Å². The molecule has 0 saturated heterocycles. The number of rotatable bonds is 2. The van der Waals surface area contributed by atoms with E-state index in [0.29, 0.717) is 28.8 Å². The Labute approximate surface area is 86.0 Å². The van der Waals surface area contributed by atoms with Crippen molar-refractivity contribution in [2.75, 3.05) is 12.3 Å². The topological polar surface area (TPSA) is 63.9 Å². The van der Waals surface area contributed by atoms with Crippen molar-refractivity contribution in [3.8, 4) is 6.01 Å². The molecule has 0 aliphatic carbocycles. The minimum Gasteiger partial charge on any atom is -0.465 e. The number of aromatic amines is 1. The molecule has 0 atom stereocenters. The highest BCUT2D eigenvalue weighted by Gasteiger charge is 2.07. The predicted molar refractivity (Wildman–Crippen MR) is 56.7 cm³/mol. The maximum absolute atomic E-state index is 5.84. The number of anilines is 1. The van der Waals surface area contributed by atoms with Crippen molar-refractivity contribution in [1.82, 2.24) is 9.97 Å². The van der Waals surface area contributed by atoms with Crippen LogP contribution in [0.5, 0.6) is 6.01 Å². The number of nitrogen functional groups attached to an aromatic ring is 1.